The van der Waals surface area contributed by atoms with E-state index in [9.17, 15) is 4.79 Å². The van der Waals surface area contributed by atoms with Crippen LogP contribution in [0.3, 0.4) is 0 Å². The largest absolute Gasteiger partial charge is 0.326 e. The van der Waals surface area contributed by atoms with E-state index in [0.29, 0.717) is 6.42 Å². The van der Waals surface area contributed by atoms with Crippen LogP contribution < -0.4 is 10.6 Å². The molecular weight excluding hydrogens is 224 g/mol. The van der Waals surface area contributed by atoms with Gasteiger partial charge in [0.15, 0.2) is 0 Å². The van der Waals surface area contributed by atoms with Gasteiger partial charge in [-0.15, -0.1) is 0 Å². The number of nitrogens with zero attached hydrogens (tertiary/aromatic N) is 1. The summed E-state index contributed by atoms with van der Waals surface area (Å²) in [7, 11) is 1.84. The van der Waals surface area contributed by atoms with E-state index in [2.05, 4.69) is 32.0 Å². The molecule has 1 aromatic carbocycles. The Hall–Kier alpha value is -1.35. The highest BCUT2D eigenvalue weighted by atomic mass is 16.2. The molecule has 1 aliphatic rings. The van der Waals surface area contributed by atoms with E-state index >= 15 is 0 Å². The first-order chi connectivity index (χ1) is 8.37. The molecule has 0 aromatic heterocycles. The molecule has 0 radical (unpaired) electrons. The third-order valence-corrected chi connectivity index (χ3v) is 3.51. The monoisotopic (exact) mass is 246 g/mol. The zero-order chi connectivity index (χ0) is 13.3. The molecule has 0 fully saturated rings. The summed E-state index contributed by atoms with van der Waals surface area (Å²) in [6.45, 7) is 4.12. The van der Waals surface area contributed by atoms with Gasteiger partial charge in [-0.25, -0.2) is 0 Å². The van der Waals surface area contributed by atoms with E-state index in [1.54, 1.807) is 4.90 Å². The number of amides is 1. The molecule has 3 heteroatoms. The van der Waals surface area contributed by atoms with Crippen LogP contribution in [0.2, 0.25) is 0 Å². The molecule has 0 spiro atoms. The lowest BCUT2D eigenvalue weighted by atomic mass is 9.96. The van der Waals surface area contributed by atoms with Crippen molar-refractivity contribution in [2.45, 2.75) is 45.1 Å². The fraction of sp³-hybridized carbons (Fsp3) is 0.533. The molecule has 0 aliphatic carbocycles. The molecule has 0 bridgehead atoms. The zero-order valence-electron chi connectivity index (χ0n) is 11.5. The Labute approximate surface area is 109 Å². The van der Waals surface area contributed by atoms with Crippen LogP contribution in [-0.2, 0) is 17.6 Å². The summed E-state index contributed by atoms with van der Waals surface area (Å²) >= 11 is 0. The van der Waals surface area contributed by atoms with Gasteiger partial charge in [-0.3, -0.25) is 4.79 Å². The van der Waals surface area contributed by atoms with E-state index < -0.39 is 0 Å². The molecular formula is C15H22N2O. The van der Waals surface area contributed by atoms with Crippen LogP contribution in [0.4, 0.5) is 5.69 Å². The van der Waals surface area contributed by atoms with Gasteiger partial charge in [0, 0.05) is 18.3 Å². The molecule has 1 amide bonds. The maximum atomic E-state index is 11.6. The lowest BCUT2D eigenvalue weighted by molar-refractivity contribution is -0.117. The Bertz CT molecular complexity index is 460. The third-order valence-electron chi connectivity index (χ3n) is 3.51. The van der Waals surface area contributed by atoms with Gasteiger partial charge in [0.2, 0.25) is 5.91 Å². The molecule has 1 aromatic rings. The normalized spacial score (nSPS) is 15.1. The second-order valence-corrected chi connectivity index (χ2v) is 5.93. The summed E-state index contributed by atoms with van der Waals surface area (Å²) in [4.78, 5) is 13.3. The van der Waals surface area contributed by atoms with Crippen LogP contribution in [0.15, 0.2) is 18.2 Å². The van der Waals surface area contributed by atoms with Crippen molar-refractivity contribution < 1.29 is 4.79 Å². The number of carbonyl (C=O) groups excluding carboxylic acids is 1. The summed E-state index contributed by atoms with van der Waals surface area (Å²) in [5.74, 6) is 0.185. The first kappa shape index (κ1) is 13.1. The molecule has 3 nitrogen and oxygen atoms in total. The van der Waals surface area contributed by atoms with Crippen LogP contribution in [-0.4, -0.2) is 18.5 Å². The van der Waals surface area contributed by atoms with Crippen LogP contribution >= 0.6 is 0 Å². The van der Waals surface area contributed by atoms with Gasteiger partial charge in [-0.2, -0.15) is 0 Å². The van der Waals surface area contributed by atoms with E-state index in [0.717, 1.165) is 30.5 Å². The number of likely N-dealkylation sites (N-methyl/N-ethyl adjacent to an activating group) is 1. The second-order valence-electron chi connectivity index (χ2n) is 5.93. The Kier molecular flexibility index (Phi) is 3.44. The quantitative estimate of drug-likeness (QED) is 0.885. The van der Waals surface area contributed by atoms with Crippen molar-refractivity contribution in [2.75, 3.05) is 11.9 Å². The average molecular weight is 246 g/mol. The number of fused-ring (bicyclic) bond motifs is 1. The minimum Gasteiger partial charge on any atom is -0.326 e. The molecule has 98 valence electrons. The number of rotatable bonds is 4. The van der Waals surface area contributed by atoms with Crippen LogP contribution in [0.1, 0.15) is 37.8 Å². The molecule has 2 rings (SSSR count). The van der Waals surface area contributed by atoms with E-state index in [-0.39, 0.29) is 11.4 Å². The highest BCUT2D eigenvalue weighted by Crippen LogP contribution is 2.28. The summed E-state index contributed by atoms with van der Waals surface area (Å²) in [5, 5.41) is 0. The predicted octanol–water partition coefficient (Wildman–Crippen LogP) is 2.27. The van der Waals surface area contributed by atoms with Crippen molar-refractivity contribution in [3.63, 3.8) is 0 Å². The van der Waals surface area contributed by atoms with Gasteiger partial charge in [-0.05, 0) is 50.3 Å². The Morgan fingerprint density at radius 1 is 1.39 bits per heavy atom. The number of anilines is 1. The van der Waals surface area contributed by atoms with Gasteiger partial charge in [-0.1, -0.05) is 12.1 Å². The van der Waals surface area contributed by atoms with Crippen molar-refractivity contribution in [2.24, 2.45) is 5.73 Å². The molecule has 18 heavy (non-hydrogen) atoms. The third kappa shape index (κ3) is 2.91. The number of carbonyl (C=O) groups is 1. The molecule has 0 saturated heterocycles. The molecule has 0 atom stereocenters. The molecule has 0 unspecified atom stereocenters. The Morgan fingerprint density at radius 2 is 2.11 bits per heavy atom. The first-order valence-corrected chi connectivity index (χ1v) is 6.54. The van der Waals surface area contributed by atoms with Crippen molar-refractivity contribution >= 4 is 11.6 Å². The van der Waals surface area contributed by atoms with Crippen molar-refractivity contribution in [3.05, 3.63) is 29.3 Å². The highest BCUT2D eigenvalue weighted by Gasteiger charge is 2.23. The van der Waals surface area contributed by atoms with Crippen LogP contribution in [0, 0.1) is 0 Å². The zero-order valence-corrected chi connectivity index (χ0v) is 11.5. The van der Waals surface area contributed by atoms with E-state index in [1.807, 2.05) is 7.05 Å². The molecule has 2 N–H and O–H groups in total. The first-order valence-electron chi connectivity index (χ1n) is 6.54. The van der Waals surface area contributed by atoms with Gasteiger partial charge in [0.1, 0.15) is 0 Å². The topological polar surface area (TPSA) is 46.3 Å². The summed E-state index contributed by atoms with van der Waals surface area (Å²) in [6.07, 6.45) is 3.68. The van der Waals surface area contributed by atoms with Gasteiger partial charge >= 0.3 is 0 Å². The predicted molar refractivity (Wildman–Crippen MR) is 74.8 cm³/mol. The smallest absolute Gasteiger partial charge is 0.231 e. The number of aryl methyl sites for hydroxylation is 1. The molecule has 0 saturated carbocycles. The van der Waals surface area contributed by atoms with Gasteiger partial charge in [0.05, 0.1) is 6.42 Å². The van der Waals surface area contributed by atoms with Crippen molar-refractivity contribution in [1.29, 1.82) is 0 Å². The van der Waals surface area contributed by atoms with E-state index in [4.69, 9.17) is 5.73 Å². The van der Waals surface area contributed by atoms with Crippen LogP contribution in [0.25, 0.3) is 0 Å². The second kappa shape index (κ2) is 4.73. The summed E-state index contributed by atoms with van der Waals surface area (Å²) < 4.78 is 0. The maximum absolute atomic E-state index is 11.6. The maximum Gasteiger partial charge on any atom is 0.231 e. The van der Waals surface area contributed by atoms with E-state index in [1.165, 1.54) is 5.56 Å². The molecule has 1 heterocycles. The lowest BCUT2D eigenvalue weighted by Crippen LogP contribution is -2.31. The standard InChI is InChI=1S/C15H22N2O/c1-15(2,16)8-4-5-11-6-7-13-12(9-11)10-14(18)17(13)3/h6-7,9H,4-5,8,10,16H2,1-3H3. The van der Waals surface area contributed by atoms with Crippen molar-refractivity contribution in [3.8, 4) is 0 Å². The van der Waals surface area contributed by atoms with Crippen LogP contribution in [0.5, 0.6) is 0 Å². The number of hydrogen-bond acceptors (Lipinski definition) is 2. The minimum atomic E-state index is -0.0904. The van der Waals surface area contributed by atoms with Gasteiger partial charge in [0.25, 0.3) is 0 Å². The molecule has 1 aliphatic heterocycles. The summed E-state index contributed by atoms with van der Waals surface area (Å²) in [6, 6.07) is 6.35. The Balaban J connectivity index is 2.01. The SMILES string of the molecule is CN1C(=O)Cc2cc(CCCC(C)(C)N)ccc21. The number of nitrogens with two attached hydrogens (primary N) is 1. The minimum absolute atomic E-state index is 0.0904. The highest BCUT2D eigenvalue weighted by molar-refractivity contribution is 6.00. The van der Waals surface area contributed by atoms with Gasteiger partial charge < -0.3 is 10.6 Å². The number of hydrogen-bond donors (Lipinski definition) is 1. The fourth-order valence-corrected chi connectivity index (χ4v) is 2.43. The average Bonchev–Trinajstić information content (AvgIpc) is 2.53. The summed E-state index contributed by atoms with van der Waals surface area (Å²) in [5.41, 5.74) is 9.41. The lowest BCUT2D eigenvalue weighted by Gasteiger charge is -2.18. The Morgan fingerprint density at radius 3 is 2.78 bits per heavy atom. The number of benzene rings is 1. The fourth-order valence-electron chi connectivity index (χ4n) is 2.43. The van der Waals surface area contributed by atoms with Crippen molar-refractivity contribution in [1.82, 2.24) is 0 Å².